The third-order valence-electron chi connectivity index (χ3n) is 8.61. The van der Waals surface area contributed by atoms with Crippen LogP contribution in [0.5, 0.6) is 0 Å². The lowest BCUT2D eigenvalue weighted by Gasteiger charge is -2.29. The number of hydrogen-bond donors (Lipinski definition) is 10. The van der Waals surface area contributed by atoms with Crippen LogP contribution < -0.4 is 32.3 Å². The molecule has 54 heavy (non-hydrogen) atoms. The third kappa shape index (κ3) is 14.6. The minimum atomic E-state index is -1.82. The number of carbonyl (C=O) groups is 8. The molecule has 1 aromatic heterocycles. The molecule has 0 aliphatic carbocycles. The van der Waals surface area contributed by atoms with Gasteiger partial charge in [-0.15, -0.1) is 0 Å². The lowest BCUT2D eigenvalue weighted by Crippen LogP contribution is -2.61. The fourth-order valence-corrected chi connectivity index (χ4v) is 5.13. The number of hydrogen-bond acceptors (Lipinski definition) is 10. The first-order valence-corrected chi connectivity index (χ1v) is 17.4. The Morgan fingerprint density at radius 1 is 0.722 bits per heavy atom. The number of nitrogens with two attached hydrogens (primary N) is 1. The minimum Gasteiger partial charge on any atom is -0.481 e. The van der Waals surface area contributed by atoms with Crippen LogP contribution in [-0.4, -0.2) is 109 Å². The topological polar surface area (TPSA) is 312 Å². The molecule has 0 aliphatic rings. The summed E-state index contributed by atoms with van der Waals surface area (Å²) in [5.74, 6) is -9.40. The van der Waals surface area contributed by atoms with E-state index in [9.17, 15) is 48.6 Å². The second-order valence-corrected chi connectivity index (χ2v) is 13.2. The molecule has 11 N–H and O–H groups in total. The maximum Gasteiger partial charge on any atom is 0.326 e. The summed E-state index contributed by atoms with van der Waals surface area (Å²) in [6, 6.07) is 0.218. The predicted octanol–water partition coefficient (Wildman–Crippen LogP) is -0.928. The van der Waals surface area contributed by atoms with Gasteiger partial charge in [0.05, 0.1) is 18.8 Å². The molecule has 296 valence electrons. The van der Waals surface area contributed by atoms with Crippen LogP contribution in [0.25, 0.3) is 0 Å². The lowest BCUT2D eigenvalue weighted by molar-refractivity contribution is -0.147. The van der Waals surface area contributed by atoms with E-state index in [-0.39, 0.29) is 25.2 Å². The Morgan fingerprint density at radius 2 is 1.28 bits per heavy atom. The smallest absolute Gasteiger partial charge is 0.326 e. The molecule has 1 heterocycles. The van der Waals surface area contributed by atoms with Crippen molar-refractivity contribution in [2.45, 2.75) is 102 Å². The van der Waals surface area contributed by atoms with Crippen LogP contribution in [0.3, 0.4) is 0 Å². The molecule has 0 spiro atoms. The Labute approximate surface area is 311 Å². The molecule has 0 aliphatic heterocycles. The van der Waals surface area contributed by atoms with Crippen LogP contribution in [0.2, 0.25) is 0 Å². The van der Waals surface area contributed by atoms with Gasteiger partial charge in [-0.2, -0.15) is 0 Å². The Balaban J connectivity index is 2.42. The highest BCUT2D eigenvalue weighted by molar-refractivity contribution is 5.97. The summed E-state index contributed by atoms with van der Waals surface area (Å²) in [6.45, 7) is 6.81. The molecule has 2 rings (SSSR count). The number of nitrogens with zero attached hydrogens (tertiary/aromatic N) is 1. The van der Waals surface area contributed by atoms with Crippen molar-refractivity contribution in [1.82, 2.24) is 36.6 Å². The minimum absolute atomic E-state index is 0.0981. The van der Waals surface area contributed by atoms with E-state index in [4.69, 9.17) is 10.8 Å². The van der Waals surface area contributed by atoms with Crippen LogP contribution in [0.1, 0.15) is 64.6 Å². The highest BCUT2D eigenvalue weighted by atomic mass is 16.4. The third-order valence-corrected chi connectivity index (χ3v) is 8.61. The highest BCUT2D eigenvalue weighted by Crippen LogP contribution is 2.13. The van der Waals surface area contributed by atoms with Crippen molar-refractivity contribution in [3.05, 3.63) is 54.1 Å². The predicted molar refractivity (Wildman–Crippen MR) is 191 cm³/mol. The number of carboxylic acid groups (broad SMARTS) is 3. The maximum absolute atomic E-state index is 14.0. The van der Waals surface area contributed by atoms with Crippen LogP contribution in [0.4, 0.5) is 0 Å². The van der Waals surface area contributed by atoms with Gasteiger partial charge in [-0.05, 0) is 23.8 Å². The van der Waals surface area contributed by atoms with Crippen molar-refractivity contribution in [3.8, 4) is 0 Å². The molecule has 5 amide bonds. The van der Waals surface area contributed by atoms with E-state index >= 15 is 0 Å². The maximum atomic E-state index is 14.0. The molecule has 1 aromatic carbocycles. The molecule has 19 nitrogen and oxygen atoms in total. The van der Waals surface area contributed by atoms with Crippen LogP contribution in [0, 0.1) is 11.8 Å². The van der Waals surface area contributed by atoms with Crippen molar-refractivity contribution < 1.29 is 53.7 Å². The van der Waals surface area contributed by atoms with Gasteiger partial charge >= 0.3 is 17.9 Å². The molecule has 7 atom stereocenters. The number of amides is 5. The summed E-state index contributed by atoms with van der Waals surface area (Å²) < 4.78 is 0. The number of carboxylic acids is 3. The van der Waals surface area contributed by atoms with E-state index in [1.54, 1.807) is 58.0 Å². The molecule has 0 fully saturated rings. The van der Waals surface area contributed by atoms with Crippen molar-refractivity contribution in [2.75, 3.05) is 0 Å². The van der Waals surface area contributed by atoms with E-state index in [2.05, 4.69) is 36.6 Å². The zero-order valence-corrected chi connectivity index (χ0v) is 30.5. The van der Waals surface area contributed by atoms with E-state index in [0.717, 1.165) is 0 Å². The zero-order chi connectivity index (χ0) is 40.5. The van der Waals surface area contributed by atoms with Crippen molar-refractivity contribution in [2.24, 2.45) is 17.6 Å². The number of H-pyrrole nitrogens is 1. The monoisotopic (exact) mass is 758 g/mol. The SMILES string of the molecule is CC[C@H](C)[C@H](NC(=O)[C@H](CCC(=O)O)NC(=O)[C@@H](N)C(C)C)C(=O)N[C@@H](Cc1ccccc1)C(=O)N[C@@H](Cc1cnc[nH]1)C(=O)N[C@@H](CC(=O)O)C(=O)O. The molecule has 0 bridgehead atoms. The second kappa shape index (κ2) is 21.6. The van der Waals surface area contributed by atoms with Gasteiger partial charge in [-0.1, -0.05) is 64.4 Å². The molecule has 0 saturated carbocycles. The number of aromatic nitrogens is 2. The number of aliphatic carboxylic acids is 3. The van der Waals surface area contributed by atoms with Gasteiger partial charge < -0.3 is 52.6 Å². The van der Waals surface area contributed by atoms with Gasteiger partial charge in [0.15, 0.2) is 0 Å². The number of rotatable bonds is 23. The highest BCUT2D eigenvalue weighted by Gasteiger charge is 2.35. The van der Waals surface area contributed by atoms with Crippen molar-refractivity contribution in [1.29, 1.82) is 0 Å². The first kappa shape index (κ1) is 44.3. The normalized spacial score (nSPS) is 14.9. The number of benzene rings is 1. The van der Waals surface area contributed by atoms with E-state index < -0.39 is 102 Å². The average molecular weight is 759 g/mol. The number of carbonyl (C=O) groups excluding carboxylic acids is 5. The average Bonchev–Trinajstić information content (AvgIpc) is 3.63. The summed E-state index contributed by atoms with van der Waals surface area (Å²) >= 11 is 0. The first-order chi connectivity index (χ1) is 25.4. The van der Waals surface area contributed by atoms with Gasteiger partial charge in [0.2, 0.25) is 29.5 Å². The van der Waals surface area contributed by atoms with Crippen LogP contribution in [0.15, 0.2) is 42.9 Å². The fourth-order valence-electron chi connectivity index (χ4n) is 5.13. The Morgan fingerprint density at radius 3 is 1.80 bits per heavy atom. The second-order valence-electron chi connectivity index (χ2n) is 13.2. The Kier molecular flexibility index (Phi) is 17.7. The summed E-state index contributed by atoms with van der Waals surface area (Å²) in [5.41, 5.74) is 6.90. The van der Waals surface area contributed by atoms with E-state index in [1.807, 2.05) is 0 Å². The summed E-state index contributed by atoms with van der Waals surface area (Å²) in [6.07, 6.45) is 1.00. The van der Waals surface area contributed by atoms with Gasteiger partial charge in [0.1, 0.15) is 30.2 Å². The van der Waals surface area contributed by atoms with Gasteiger partial charge in [0.25, 0.3) is 0 Å². The quantitative estimate of drug-likeness (QED) is 0.0656. The first-order valence-electron chi connectivity index (χ1n) is 17.4. The zero-order valence-electron chi connectivity index (χ0n) is 30.5. The Bertz CT molecular complexity index is 1600. The van der Waals surface area contributed by atoms with E-state index in [1.165, 1.54) is 12.5 Å². The van der Waals surface area contributed by atoms with Crippen molar-refractivity contribution >= 4 is 47.4 Å². The lowest BCUT2D eigenvalue weighted by atomic mass is 9.96. The fraction of sp³-hybridized carbons (Fsp3) is 0.514. The van der Waals surface area contributed by atoms with Gasteiger partial charge in [-0.25, -0.2) is 9.78 Å². The van der Waals surface area contributed by atoms with Crippen LogP contribution in [-0.2, 0) is 51.2 Å². The molecule has 0 saturated heterocycles. The molecular formula is C35H50N8O11. The molecule has 2 aromatic rings. The van der Waals surface area contributed by atoms with Gasteiger partial charge in [-0.3, -0.25) is 33.6 Å². The molecule has 19 heteroatoms. The summed E-state index contributed by atoms with van der Waals surface area (Å²) in [7, 11) is 0. The van der Waals surface area contributed by atoms with Gasteiger partial charge in [0, 0.05) is 31.2 Å². The summed E-state index contributed by atoms with van der Waals surface area (Å²) in [5, 5.41) is 40.3. The summed E-state index contributed by atoms with van der Waals surface area (Å²) in [4.78, 5) is 109. The molecular weight excluding hydrogens is 708 g/mol. The standard InChI is InChI=1S/C35H50N8O11/c1-5-19(4)29(43-30(48)22(11-12-26(44)45)39-33(51)28(36)18(2)3)34(52)41-23(13-20-9-7-6-8-10-20)31(49)40-24(14-21-16-37-17-38-21)32(50)42-25(35(53)54)15-27(46)47/h6-10,16-19,22-25,28-29H,5,11-15,36H2,1-4H3,(H,37,38)(H,39,51)(H,40,49)(H,41,52)(H,42,50)(H,43,48)(H,44,45)(H,46,47)(H,53,54)/t19-,22-,23-,24-,25-,28-,29-/m0/s1. The van der Waals surface area contributed by atoms with Crippen molar-refractivity contribution in [3.63, 3.8) is 0 Å². The van der Waals surface area contributed by atoms with E-state index in [0.29, 0.717) is 17.7 Å². The largest absolute Gasteiger partial charge is 0.481 e. The van der Waals surface area contributed by atoms with Crippen LogP contribution >= 0.6 is 0 Å². The molecule has 0 unspecified atom stereocenters. The number of nitrogens with one attached hydrogen (secondary N) is 6. The number of aromatic amines is 1. The Hall–Kier alpha value is -5.85. The molecule has 0 radical (unpaired) electrons. The number of imidazole rings is 1.